The number of amides is 2. The van der Waals surface area contributed by atoms with Gasteiger partial charge in [0.15, 0.2) is 5.03 Å². The Labute approximate surface area is 273 Å². The van der Waals surface area contributed by atoms with Crippen LogP contribution in [0.15, 0.2) is 35.7 Å². The number of benzene rings is 1. The molecule has 2 N–H and O–H groups in total. The molecule has 4 atom stereocenters. The molecule has 1 fully saturated rings. The van der Waals surface area contributed by atoms with E-state index in [9.17, 15) is 23.1 Å². The molecule has 2 aromatic rings. The zero-order chi connectivity index (χ0) is 33.4. The smallest absolute Gasteiger partial charge is 0.261 e. The summed E-state index contributed by atoms with van der Waals surface area (Å²) in [5.41, 5.74) is 0.817. The van der Waals surface area contributed by atoms with Crippen LogP contribution in [0.1, 0.15) is 82.5 Å². The highest BCUT2D eigenvalue weighted by Gasteiger charge is 2.33. The van der Waals surface area contributed by atoms with Crippen molar-refractivity contribution >= 4 is 27.5 Å². The number of nitrogens with zero attached hydrogens (tertiary/aromatic N) is 4. The van der Waals surface area contributed by atoms with Gasteiger partial charge in [0.1, 0.15) is 5.75 Å². The third kappa shape index (κ3) is 9.08. The van der Waals surface area contributed by atoms with Crippen molar-refractivity contribution in [2.24, 2.45) is 18.9 Å². The highest BCUT2D eigenvalue weighted by atomic mass is 32.2. The molecule has 46 heavy (non-hydrogen) atoms. The van der Waals surface area contributed by atoms with Crippen LogP contribution in [0.5, 0.6) is 5.75 Å². The van der Waals surface area contributed by atoms with Gasteiger partial charge in [-0.1, -0.05) is 26.2 Å². The van der Waals surface area contributed by atoms with E-state index in [0.717, 1.165) is 51.4 Å². The Morgan fingerprint density at radius 1 is 1.15 bits per heavy atom. The van der Waals surface area contributed by atoms with Crippen LogP contribution < -0.4 is 10.1 Å². The lowest BCUT2D eigenvalue weighted by molar-refractivity contribution is -0.120. The fourth-order valence-electron chi connectivity index (χ4n) is 6.11. The van der Waals surface area contributed by atoms with Gasteiger partial charge in [-0.3, -0.25) is 9.59 Å². The summed E-state index contributed by atoms with van der Waals surface area (Å²) in [6.45, 7) is 6.03. The van der Waals surface area contributed by atoms with Crippen LogP contribution in [0.25, 0.3) is 0 Å². The summed E-state index contributed by atoms with van der Waals surface area (Å²) >= 11 is 0. The molecule has 1 aromatic heterocycles. The standard InChI is InChI=1S/C33H51N5O7S/c1-23-18-38(24(2)21-39)33(41)28-17-27(35-32(40)26-12-7-6-8-13-26)14-15-29(28)45-25(3)11-9-10-16-44-30(23)19-37(5)46(42,43)31-20-36(4)22-34-31/h14-15,17,20,22-26,30,39H,6-13,16,18-19,21H2,1-5H3,(H,35,40)/t23-,24+,25-,30+/m0/s1. The minimum atomic E-state index is -3.87. The number of likely N-dealkylation sites (N-methyl/N-ethyl adjacent to an activating group) is 1. The van der Waals surface area contributed by atoms with Crippen molar-refractivity contribution in [2.75, 3.05) is 38.7 Å². The van der Waals surface area contributed by atoms with Crippen LogP contribution in [0.4, 0.5) is 5.69 Å². The van der Waals surface area contributed by atoms with Gasteiger partial charge in [-0.2, -0.15) is 4.31 Å². The number of sulfonamides is 1. The Hall–Kier alpha value is -3.00. The second-order valence-electron chi connectivity index (χ2n) is 13.0. The van der Waals surface area contributed by atoms with Crippen LogP contribution in [0.2, 0.25) is 0 Å². The summed E-state index contributed by atoms with van der Waals surface area (Å²) in [6.07, 6.45) is 9.40. The topological polar surface area (TPSA) is 143 Å². The number of carbonyl (C=O) groups is 2. The number of aliphatic hydroxyl groups excluding tert-OH is 1. The van der Waals surface area contributed by atoms with Crippen molar-refractivity contribution in [3.8, 4) is 5.75 Å². The van der Waals surface area contributed by atoms with Crippen LogP contribution in [-0.4, -0.2) is 95.7 Å². The number of hydrogen-bond donors (Lipinski definition) is 2. The summed E-state index contributed by atoms with van der Waals surface area (Å²) < 4.78 is 42.0. The number of aromatic nitrogens is 2. The van der Waals surface area contributed by atoms with Gasteiger partial charge in [0.05, 0.1) is 36.7 Å². The average Bonchev–Trinajstić information content (AvgIpc) is 3.49. The first-order valence-electron chi connectivity index (χ1n) is 16.5. The maximum absolute atomic E-state index is 14.3. The molecule has 2 amide bonds. The van der Waals surface area contributed by atoms with Gasteiger partial charge in [-0.05, 0) is 64.2 Å². The van der Waals surface area contributed by atoms with Crippen molar-refractivity contribution in [2.45, 2.75) is 95.4 Å². The summed E-state index contributed by atoms with van der Waals surface area (Å²) in [7, 11) is -0.656. The van der Waals surface area contributed by atoms with Gasteiger partial charge >= 0.3 is 0 Å². The number of anilines is 1. The Kier molecular flexibility index (Phi) is 12.6. The second kappa shape index (κ2) is 16.2. The molecule has 4 rings (SSSR count). The fraction of sp³-hybridized carbons (Fsp3) is 0.667. The molecule has 12 nitrogen and oxygen atoms in total. The average molecular weight is 662 g/mol. The molecule has 0 radical (unpaired) electrons. The van der Waals surface area contributed by atoms with E-state index in [2.05, 4.69) is 10.3 Å². The number of nitrogens with one attached hydrogen (secondary N) is 1. The van der Waals surface area contributed by atoms with Crippen molar-refractivity contribution < 1.29 is 32.6 Å². The minimum Gasteiger partial charge on any atom is -0.490 e. The molecule has 1 aromatic carbocycles. The third-order valence-corrected chi connectivity index (χ3v) is 10.8. The van der Waals surface area contributed by atoms with Crippen LogP contribution in [0.3, 0.4) is 0 Å². The summed E-state index contributed by atoms with van der Waals surface area (Å²) in [5.74, 6) is -0.324. The van der Waals surface area contributed by atoms with E-state index in [1.807, 2.05) is 13.8 Å². The molecule has 2 heterocycles. The number of rotatable bonds is 8. The van der Waals surface area contributed by atoms with Crippen molar-refractivity contribution in [3.63, 3.8) is 0 Å². The SMILES string of the molecule is C[C@H](CO)N1C[C@H](C)[C@@H](CN(C)S(=O)(=O)c2cn(C)cn2)OCCCC[C@H](C)Oc2ccc(NC(=O)C3CCCCC3)cc2C1=O. The highest BCUT2D eigenvalue weighted by molar-refractivity contribution is 7.89. The largest absolute Gasteiger partial charge is 0.490 e. The molecule has 0 spiro atoms. The number of aliphatic hydroxyl groups is 1. The van der Waals surface area contributed by atoms with E-state index in [-0.39, 0.29) is 54.5 Å². The second-order valence-corrected chi connectivity index (χ2v) is 15.0. The van der Waals surface area contributed by atoms with E-state index in [1.54, 1.807) is 41.6 Å². The monoisotopic (exact) mass is 661 g/mol. The molecule has 0 unspecified atom stereocenters. The van der Waals surface area contributed by atoms with Gasteiger partial charge in [0.2, 0.25) is 5.91 Å². The lowest BCUT2D eigenvalue weighted by Crippen LogP contribution is -2.48. The Bertz CT molecular complexity index is 1430. The molecular weight excluding hydrogens is 610 g/mol. The van der Waals surface area contributed by atoms with Crippen molar-refractivity contribution in [1.82, 2.24) is 18.8 Å². The molecule has 2 aliphatic rings. The van der Waals surface area contributed by atoms with E-state index >= 15 is 0 Å². The highest BCUT2D eigenvalue weighted by Crippen LogP contribution is 2.30. The predicted molar refractivity (Wildman–Crippen MR) is 175 cm³/mol. The van der Waals surface area contributed by atoms with Crippen LogP contribution in [-0.2, 0) is 26.6 Å². The van der Waals surface area contributed by atoms with E-state index < -0.39 is 22.2 Å². The minimum absolute atomic E-state index is 0.0405. The van der Waals surface area contributed by atoms with Gasteiger partial charge in [0, 0.05) is 57.5 Å². The van der Waals surface area contributed by atoms with Gasteiger partial charge in [-0.25, -0.2) is 13.4 Å². The van der Waals surface area contributed by atoms with Gasteiger partial charge in [0.25, 0.3) is 15.9 Å². The Morgan fingerprint density at radius 2 is 1.87 bits per heavy atom. The molecule has 1 saturated carbocycles. The van der Waals surface area contributed by atoms with Crippen molar-refractivity contribution in [3.05, 3.63) is 36.3 Å². The lowest BCUT2D eigenvalue weighted by Gasteiger charge is -2.35. The molecule has 1 aliphatic heterocycles. The first-order valence-corrected chi connectivity index (χ1v) is 17.9. The Balaban J connectivity index is 1.63. The quantitative estimate of drug-likeness (QED) is 0.432. The number of imidazole rings is 1. The van der Waals surface area contributed by atoms with Crippen LogP contribution in [0, 0.1) is 11.8 Å². The lowest BCUT2D eigenvalue weighted by atomic mass is 9.88. The van der Waals surface area contributed by atoms with Crippen molar-refractivity contribution in [1.29, 1.82) is 0 Å². The first-order chi connectivity index (χ1) is 21.9. The fourth-order valence-corrected chi connectivity index (χ4v) is 7.25. The number of ether oxygens (including phenoxy) is 2. The normalized spacial score (nSPS) is 23.3. The van der Waals surface area contributed by atoms with E-state index in [0.29, 0.717) is 23.6 Å². The molecule has 0 bridgehead atoms. The number of carbonyl (C=O) groups excluding carboxylic acids is 2. The summed E-state index contributed by atoms with van der Waals surface area (Å²) in [5, 5.41) is 13.2. The summed E-state index contributed by atoms with van der Waals surface area (Å²) in [4.78, 5) is 33.0. The molecule has 0 saturated heterocycles. The number of aryl methyl sites for hydroxylation is 1. The maximum atomic E-state index is 14.3. The molecule has 13 heteroatoms. The van der Waals surface area contributed by atoms with E-state index in [4.69, 9.17) is 9.47 Å². The zero-order valence-electron chi connectivity index (χ0n) is 27.9. The van der Waals surface area contributed by atoms with Crippen LogP contribution >= 0.6 is 0 Å². The molecular formula is C33H51N5O7S. The third-order valence-electron chi connectivity index (χ3n) is 9.09. The first kappa shape index (κ1) is 35.8. The predicted octanol–water partition coefficient (Wildman–Crippen LogP) is 4.06. The van der Waals surface area contributed by atoms with E-state index in [1.165, 1.54) is 23.9 Å². The Morgan fingerprint density at radius 3 is 2.54 bits per heavy atom. The number of fused-ring (bicyclic) bond motifs is 1. The zero-order valence-corrected chi connectivity index (χ0v) is 28.7. The van der Waals surface area contributed by atoms with Gasteiger partial charge < -0.3 is 29.4 Å². The molecule has 1 aliphatic carbocycles. The molecule has 256 valence electrons. The number of hydrogen-bond acceptors (Lipinski definition) is 8. The maximum Gasteiger partial charge on any atom is 0.261 e. The van der Waals surface area contributed by atoms with Gasteiger partial charge in [-0.15, -0.1) is 0 Å². The summed E-state index contributed by atoms with van der Waals surface area (Å²) in [6, 6.07) is 4.62.